The summed E-state index contributed by atoms with van der Waals surface area (Å²) in [5.74, 6) is 0.0798. The van der Waals surface area contributed by atoms with Crippen molar-refractivity contribution in [1.82, 2.24) is 15.4 Å². The molecule has 0 fully saturated rings. The lowest BCUT2D eigenvalue weighted by Gasteiger charge is -2.24. The van der Waals surface area contributed by atoms with Gasteiger partial charge < -0.3 is 5.73 Å². The first-order valence-electron chi connectivity index (χ1n) is 8.14. The van der Waals surface area contributed by atoms with E-state index in [1.807, 2.05) is 0 Å². The number of unbranched alkanes of at least 4 members (excludes halogenated alkanes) is 1. The molecule has 2 aromatic rings. The molecule has 0 radical (unpaired) electrons. The molecule has 5 nitrogen and oxygen atoms in total. The maximum absolute atomic E-state index is 13.2. The van der Waals surface area contributed by atoms with Crippen LogP contribution in [0.4, 0.5) is 10.3 Å². The van der Waals surface area contributed by atoms with Crippen LogP contribution in [0.2, 0.25) is 0 Å². The topological polar surface area (TPSA) is 73.1 Å². The Balaban J connectivity index is 1.87. The van der Waals surface area contributed by atoms with Gasteiger partial charge in [0.1, 0.15) is 5.82 Å². The molecule has 0 spiro atoms. The van der Waals surface area contributed by atoms with Gasteiger partial charge in [-0.3, -0.25) is 10.3 Å². The van der Waals surface area contributed by atoms with E-state index in [-0.39, 0.29) is 17.7 Å². The highest BCUT2D eigenvalue weighted by Gasteiger charge is 2.23. The Bertz CT molecular complexity index is 730. The van der Waals surface area contributed by atoms with Crippen LogP contribution in [0, 0.1) is 5.82 Å². The van der Waals surface area contributed by atoms with Crippen molar-refractivity contribution in [2.24, 2.45) is 0 Å². The predicted octanol–water partition coefficient (Wildman–Crippen LogP) is 3.20. The number of benzene rings is 1. The molecule has 1 aromatic carbocycles. The molecule has 1 unspecified atom stereocenters. The highest BCUT2D eigenvalue weighted by molar-refractivity contribution is 5.68. The first kappa shape index (κ1) is 16.4. The van der Waals surface area contributed by atoms with Gasteiger partial charge in [-0.15, -0.1) is 0 Å². The molecule has 0 saturated heterocycles. The summed E-state index contributed by atoms with van der Waals surface area (Å²) in [6, 6.07) is 6.53. The maximum atomic E-state index is 13.2. The number of hydroxylamine groups is 1. The van der Waals surface area contributed by atoms with E-state index in [2.05, 4.69) is 28.4 Å². The monoisotopic (exact) mass is 328 g/mol. The zero-order valence-corrected chi connectivity index (χ0v) is 13.6. The second kappa shape index (κ2) is 7.40. The molecular weight excluding hydrogens is 307 g/mol. The number of nitrogens with one attached hydrogen (secondary N) is 1. The summed E-state index contributed by atoms with van der Waals surface area (Å²) in [4.78, 5) is 14.0. The van der Waals surface area contributed by atoms with Crippen molar-refractivity contribution < 1.29 is 9.23 Å². The minimum Gasteiger partial charge on any atom is -0.368 e. The Kier molecular flexibility index (Phi) is 5.05. The van der Waals surface area contributed by atoms with Crippen molar-refractivity contribution in [3.8, 4) is 0 Å². The molecule has 0 amide bonds. The molecule has 0 saturated carbocycles. The zero-order chi connectivity index (χ0) is 16.9. The van der Waals surface area contributed by atoms with Crippen molar-refractivity contribution >= 4 is 11.6 Å². The molecule has 0 aliphatic heterocycles. The molecule has 1 aromatic heterocycles. The van der Waals surface area contributed by atoms with E-state index in [0.717, 1.165) is 35.4 Å². The fraction of sp³-hybridized carbons (Fsp3) is 0.333. The zero-order valence-electron chi connectivity index (χ0n) is 13.6. The minimum atomic E-state index is -0.244. The summed E-state index contributed by atoms with van der Waals surface area (Å²) < 4.78 is 13.2. The van der Waals surface area contributed by atoms with Gasteiger partial charge in [0.2, 0.25) is 5.95 Å². The summed E-state index contributed by atoms with van der Waals surface area (Å²) in [6.45, 7) is 2.74. The number of fused-ring (bicyclic) bond motifs is 1. The van der Waals surface area contributed by atoms with E-state index in [4.69, 9.17) is 10.6 Å². The van der Waals surface area contributed by atoms with Crippen LogP contribution in [0.3, 0.4) is 0 Å². The van der Waals surface area contributed by atoms with Crippen molar-refractivity contribution in [3.05, 3.63) is 59.2 Å². The predicted molar refractivity (Wildman–Crippen MR) is 91.3 cm³/mol. The fourth-order valence-corrected chi connectivity index (χ4v) is 2.73. The standard InChI is InChI=1S/C18H21FN4O/c1-2-3-8-24-23-17-10-13(12-4-6-14(19)7-5-12)9-16-15(17)11-21-18(20)22-16/h4-7,10-11,13,23H,2-3,8-9H2,1H3,(H2,20,21,22). The number of halogens is 1. The molecule has 6 heteroatoms. The number of nitrogens with zero attached hydrogens (tertiary/aromatic N) is 2. The first-order chi connectivity index (χ1) is 11.7. The summed E-state index contributed by atoms with van der Waals surface area (Å²) in [7, 11) is 0. The van der Waals surface area contributed by atoms with Crippen LogP contribution in [0.5, 0.6) is 0 Å². The SMILES string of the molecule is CCCCONC1=CC(c2ccc(F)cc2)Cc2nc(N)ncc21. The number of hydrogen-bond donors (Lipinski definition) is 2. The Labute approximate surface area is 140 Å². The van der Waals surface area contributed by atoms with E-state index in [1.165, 1.54) is 12.1 Å². The largest absolute Gasteiger partial charge is 0.368 e. The molecule has 1 aliphatic carbocycles. The molecule has 1 aliphatic rings. The van der Waals surface area contributed by atoms with Gasteiger partial charge in [-0.1, -0.05) is 31.6 Å². The van der Waals surface area contributed by atoms with Crippen LogP contribution in [-0.4, -0.2) is 16.6 Å². The smallest absolute Gasteiger partial charge is 0.220 e. The third kappa shape index (κ3) is 3.71. The van der Waals surface area contributed by atoms with Gasteiger partial charge in [0.25, 0.3) is 0 Å². The number of hydrogen-bond acceptors (Lipinski definition) is 5. The summed E-state index contributed by atoms with van der Waals surface area (Å²) in [5, 5.41) is 0. The first-order valence-corrected chi connectivity index (χ1v) is 8.14. The third-order valence-corrected chi connectivity index (χ3v) is 4.04. The lowest BCUT2D eigenvalue weighted by molar-refractivity contribution is 0.0756. The second-order valence-corrected chi connectivity index (χ2v) is 5.84. The fourth-order valence-electron chi connectivity index (χ4n) is 2.73. The van der Waals surface area contributed by atoms with Gasteiger partial charge in [0.15, 0.2) is 0 Å². The van der Waals surface area contributed by atoms with Crippen LogP contribution in [0.25, 0.3) is 5.70 Å². The lowest BCUT2D eigenvalue weighted by Crippen LogP contribution is -2.21. The van der Waals surface area contributed by atoms with Crippen LogP contribution in [-0.2, 0) is 11.3 Å². The number of aromatic nitrogens is 2. The van der Waals surface area contributed by atoms with Gasteiger partial charge in [0.05, 0.1) is 18.0 Å². The Morgan fingerprint density at radius 3 is 2.88 bits per heavy atom. The maximum Gasteiger partial charge on any atom is 0.220 e. The minimum absolute atomic E-state index is 0.0738. The second-order valence-electron chi connectivity index (χ2n) is 5.84. The Morgan fingerprint density at radius 1 is 1.33 bits per heavy atom. The molecule has 126 valence electrons. The van der Waals surface area contributed by atoms with Crippen LogP contribution in [0.1, 0.15) is 42.5 Å². The molecule has 3 N–H and O–H groups in total. The summed E-state index contributed by atoms with van der Waals surface area (Å²) in [5.41, 5.74) is 12.3. The van der Waals surface area contributed by atoms with Crippen molar-refractivity contribution in [3.63, 3.8) is 0 Å². The van der Waals surface area contributed by atoms with Crippen molar-refractivity contribution in [2.75, 3.05) is 12.3 Å². The van der Waals surface area contributed by atoms with E-state index in [9.17, 15) is 4.39 Å². The Morgan fingerprint density at radius 2 is 2.12 bits per heavy atom. The van der Waals surface area contributed by atoms with Crippen LogP contribution < -0.4 is 11.2 Å². The number of nitrogen functional groups attached to an aromatic ring is 1. The summed E-state index contributed by atoms with van der Waals surface area (Å²) >= 11 is 0. The third-order valence-electron chi connectivity index (χ3n) is 4.04. The highest BCUT2D eigenvalue weighted by Crippen LogP contribution is 2.32. The molecule has 1 atom stereocenters. The number of allylic oxidation sites excluding steroid dienone is 1. The summed E-state index contributed by atoms with van der Waals surface area (Å²) in [6.07, 6.45) is 6.51. The van der Waals surface area contributed by atoms with Crippen LogP contribution in [0.15, 0.2) is 36.5 Å². The number of anilines is 1. The van der Waals surface area contributed by atoms with Crippen LogP contribution >= 0.6 is 0 Å². The van der Waals surface area contributed by atoms with E-state index >= 15 is 0 Å². The van der Waals surface area contributed by atoms with Crippen molar-refractivity contribution in [2.45, 2.75) is 32.1 Å². The van der Waals surface area contributed by atoms with Gasteiger partial charge in [-0.2, -0.15) is 0 Å². The van der Waals surface area contributed by atoms with E-state index in [1.54, 1.807) is 18.3 Å². The van der Waals surface area contributed by atoms with Gasteiger partial charge in [0, 0.05) is 24.1 Å². The molecule has 24 heavy (non-hydrogen) atoms. The molecule has 1 heterocycles. The lowest BCUT2D eigenvalue weighted by atomic mass is 9.87. The van der Waals surface area contributed by atoms with Crippen molar-refractivity contribution in [1.29, 1.82) is 0 Å². The molecule has 0 bridgehead atoms. The average Bonchev–Trinajstić information content (AvgIpc) is 2.58. The van der Waals surface area contributed by atoms with Gasteiger partial charge in [-0.25, -0.2) is 14.4 Å². The highest BCUT2D eigenvalue weighted by atomic mass is 19.1. The normalized spacial score (nSPS) is 16.4. The van der Waals surface area contributed by atoms with E-state index in [0.29, 0.717) is 13.0 Å². The average molecular weight is 328 g/mol. The Hall–Kier alpha value is -2.47. The quantitative estimate of drug-likeness (QED) is 0.629. The number of nitrogens with two attached hydrogens (primary N) is 1. The number of rotatable bonds is 6. The van der Waals surface area contributed by atoms with Gasteiger partial charge >= 0.3 is 0 Å². The van der Waals surface area contributed by atoms with E-state index < -0.39 is 0 Å². The van der Waals surface area contributed by atoms with Gasteiger partial charge in [-0.05, 0) is 24.1 Å². The molecular formula is C18H21FN4O. The molecule has 3 rings (SSSR count).